The number of aryl methyl sites for hydroxylation is 2. The van der Waals surface area contributed by atoms with E-state index in [4.69, 9.17) is 5.11 Å². The Bertz CT molecular complexity index is 314. The molecule has 0 aliphatic rings. The van der Waals surface area contributed by atoms with E-state index in [0.717, 1.165) is 16.7 Å². The molecule has 0 radical (unpaired) electrons. The molecule has 2 nitrogen and oxygen atoms in total. The number of hydrogen-bond donors (Lipinski definition) is 1. The maximum Gasteiger partial charge on any atom is 0.310 e. The lowest BCUT2D eigenvalue weighted by molar-refractivity contribution is -0.138. The highest BCUT2D eigenvalue weighted by molar-refractivity contribution is 5.85. The van der Waals surface area contributed by atoms with Crippen LogP contribution in [-0.4, -0.2) is 11.1 Å². The summed E-state index contributed by atoms with van der Waals surface area (Å²) in [5, 5.41) is 8.82. The minimum Gasteiger partial charge on any atom is -0.481 e. The number of carboxylic acids is 1. The highest BCUT2D eigenvalue weighted by atomic mass is 35.5. The number of halogens is 1. The van der Waals surface area contributed by atoms with Crippen molar-refractivity contribution < 1.29 is 9.90 Å². The molecular formula is C11H15ClO2. The Morgan fingerprint density at radius 3 is 2.00 bits per heavy atom. The van der Waals surface area contributed by atoms with E-state index in [2.05, 4.69) is 0 Å². The van der Waals surface area contributed by atoms with Crippen LogP contribution in [0.4, 0.5) is 0 Å². The second kappa shape index (κ2) is 5.01. The van der Waals surface area contributed by atoms with Gasteiger partial charge in [-0.1, -0.05) is 29.3 Å². The molecule has 0 fully saturated rings. The van der Waals surface area contributed by atoms with Crippen LogP contribution in [0.15, 0.2) is 18.2 Å². The molecule has 0 saturated heterocycles. The Labute approximate surface area is 90.4 Å². The van der Waals surface area contributed by atoms with Crippen molar-refractivity contribution in [1.82, 2.24) is 0 Å². The molecule has 3 heteroatoms. The predicted octanol–water partition coefficient (Wildman–Crippen LogP) is 2.91. The second-order valence-corrected chi connectivity index (χ2v) is 3.48. The normalized spacial score (nSPS) is 11.6. The third kappa shape index (κ3) is 3.04. The number of hydrogen-bond acceptors (Lipinski definition) is 1. The van der Waals surface area contributed by atoms with Crippen LogP contribution >= 0.6 is 12.4 Å². The molecule has 0 amide bonds. The van der Waals surface area contributed by atoms with Crippen LogP contribution in [-0.2, 0) is 4.79 Å². The molecule has 1 rings (SSSR count). The van der Waals surface area contributed by atoms with Crippen LogP contribution in [0.5, 0.6) is 0 Å². The fourth-order valence-corrected chi connectivity index (χ4v) is 1.40. The summed E-state index contributed by atoms with van der Waals surface area (Å²) in [5.41, 5.74) is 3.11. The summed E-state index contributed by atoms with van der Waals surface area (Å²) in [7, 11) is 0. The molecule has 0 heterocycles. The molecule has 1 unspecified atom stereocenters. The van der Waals surface area contributed by atoms with E-state index in [0.29, 0.717) is 0 Å². The van der Waals surface area contributed by atoms with Crippen molar-refractivity contribution in [2.45, 2.75) is 26.7 Å². The fraction of sp³-hybridized carbons (Fsp3) is 0.364. The van der Waals surface area contributed by atoms with Crippen molar-refractivity contribution in [3.63, 3.8) is 0 Å². The fourth-order valence-electron chi connectivity index (χ4n) is 1.40. The minimum atomic E-state index is -0.773. The van der Waals surface area contributed by atoms with E-state index < -0.39 is 11.9 Å². The van der Waals surface area contributed by atoms with Crippen molar-refractivity contribution >= 4 is 18.4 Å². The lowest BCUT2D eigenvalue weighted by atomic mass is 9.97. The summed E-state index contributed by atoms with van der Waals surface area (Å²) in [5.74, 6) is -1.19. The molecule has 1 N–H and O–H groups in total. The average Bonchev–Trinajstić information content (AvgIpc) is 2.01. The first kappa shape index (κ1) is 13.0. The molecule has 0 aromatic heterocycles. The van der Waals surface area contributed by atoms with E-state index in [1.165, 1.54) is 0 Å². The van der Waals surface area contributed by atoms with Gasteiger partial charge in [-0.25, -0.2) is 0 Å². The van der Waals surface area contributed by atoms with Crippen LogP contribution in [0.3, 0.4) is 0 Å². The van der Waals surface area contributed by atoms with Gasteiger partial charge < -0.3 is 5.11 Å². The monoisotopic (exact) mass is 214 g/mol. The first-order valence-electron chi connectivity index (χ1n) is 4.31. The van der Waals surface area contributed by atoms with Crippen molar-refractivity contribution in [3.8, 4) is 0 Å². The summed E-state index contributed by atoms with van der Waals surface area (Å²) in [6.07, 6.45) is 0. The molecule has 0 saturated carbocycles. The first-order valence-corrected chi connectivity index (χ1v) is 4.31. The largest absolute Gasteiger partial charge is 0.481 e. The van der Waals surface area contributed by atoms with Crippen LogP contribution in [0.25, 0.3) is 0 Å². The van der Waals surface area contributed by atoms with Gasteiger partial charge in [0, 0.05) is 0 Å². The standard InChI is InChI=1S/C11H14O2.ClH/c1-7-4-8(2)6-10(5-7)9(3)11(12)13;/h4-6,9H,1-3H3,(H,12,13);1H. The van der Waals surface area contributed by atoms with Crippen molar-refractivity contribution in [2.24, 2.45) is 0 Å². The van der Waals surface area contributed by atoms with Gasteiger partial charge in [-0.05, 0) is 26.3 Å². The van der Waals surface area contributed by atoms with Crippen LogP contribution in [0.2, 0.25) is 0 Å². The summed E-state index contributed by atoms with van der Waals surface area (Å²) >= 11 is 0. The highest BCUT2D eigenvalue weighted by Gasteiger charge is 2.13. The first-order chi connectivity index (χ1) is 6.00. The predicted molar refractivity (Wildman–Crippen MR) is 59.2 cm³/mol. The Balaban J connectivity index is 0.00000169. The summed E-state index contributed by atoms with van der Waals surface area (Å²) in [6.45, 7) is 5.66. The molecule has 1 atom stereocenters. The van der Waals surface area contributed by atoms with Gasteiger partial charge in [-0.2, -0.15) is 0 Å². The molecule has 0 bridgehead atoms. The van der Waals surface area contributed by atoms with Gasteiger partial charge in [0.1, 0.15) is 0 Å². The third-order valence-corrected chi connectivity index (χ3v) is 2.11. The highest BCUT2D eigenvalue weighted by Crippen LogP contribution is 2.18. The van der Waals surface area contributed by atoms with E-state index in [9.17, 15) is 4.79 Å². The summed E-state index contributed by atoms with van der Waals surface area (Å²) in [6, 6.07) is 5.88. The van der Waals surface area contributed by atoms with Gasteiger partial charge in [0.25, 0.3) is 0 Å². The summed E-state index contributed by atoms with van der Waals surface area (Å²) < 4.78 is 0. The molecule has 0 aliphatic heterocycles. The molecule has 14 heavy (non-hydrogen) atoms. The lowest BCUT2D eigenvalue weighted by Crippen LogP contribution is -2.07. The number of carbonyl (C=O) groups is 1. The van der Waals surface area contributed by atoms with Crippen LogP contribution in [0, 0.1) is 13.8 Å². The smallest absolute Gasteiger partial charge is 0.310 e. The van der Waals surface area contributed by atoms with Crippen LogP contribution in [0.1, 0.15) is 29.5 Å². The molecule has 1 aromatic rings. The number of carboxylic acid groups (broad SMARTS) is 1. The number of rotatable bonds is 2. The Hall–Kier alpha value is -1.02. The average molecular weight is 215 g/mol. The zero-order valence-electron chi connectivity index (χ0n) is 8.57. The summed E-state index contributed by atoms with van der Waals surface area (Å²) in [4.78, 5) is 10.7. The zero-order valence-corrected chi connectivity index (χ0v) is 9.39. The molecule has 0 aliphatic carbocycles. The topological polar surface area (TPSA) is 37.3 Å². The number of aliphatic carboxylic acids is 1. The molecular weight excluding hydrogens is 200 g/mol. The van der Waals surface area contributed by atoms with Gasteiger partial charge in [0.15, 0.2) is 0 Å². The van der Waals surface area contributed by atoms with E-state index in [-0.39, 0.29) is 12.4 Å². The molecule has 78 valence electrons. The Morgan fingerprint density at radius 1 is 1.21 bits per heavy atom. The third-order valence-electron chi connectivity index (χ3n) is 2.11. The van der Waals surface area contributed by atoms with Gasteiger partial charge in [-0.3, -0.25) is 4.79 Å². The van der Waals surface area contributed by atoms with Crippen molar-refractivity contribution in [3.05, 3.63) is 34.9 Å². The maximum absolute atomic E-state index is 10.7. The molecule has 0 spiro atoms. The van der Waals surface area contributed by atoms with E-state index in [1.54, 1.807) is 6.92 Å². The Morgan fingerprint density at radius 2 is 1.64 bits per heavy atom. The lowest BCUT2D eigenvalue weighted by Gasteiger charge is -2.08. The Kier molecular flexibility index (Phi) is 4.64. The maximum atomic E-state index is 10.7. The SMILES string of the molecule is Cc1cc(C)cc(C(C)C(=O)O)c1.Cl. The van der Waals surface area contributed by atoms with Gasteiger partial charge in [0.2, 0.25) is 0 Å². The van der Waals surface area contributed by atoms with Gasteiger partial charge in [0.05, 0.1) is 5.92 Å². The zero-order chi connectivity index (χ0) is 10.0. The van der Waals surface area contributed by atoms with Gasteiger partial charge >= 0.3 is 5.97 Å². The van der Waals surface area contributed by atoms with E-state index in [1.807, 2.05) is 32.0 Å². The van der Waals surface area contributed by atoms with Crippen molar-refractivity contribution in [2.75, 3.05) is 0 Å². The second-order valence-electron chi connectivity index (χ2n) is 3.48. The van der Waals surface area contributed by atoms with Crippen molar-refractivity contribution in [1.29, 1.82) is 0 Å². The number of benzene rings is 1. The van der Waals surface area contributed by atoms with E-state index >= 15 is 0 Å². The minimum absolute atomic E-state index is 0. The van der Waals surface area contributed by atoms with Crippen LogP contribution < -0.4 is 0 Å². The van der Waals surface area contributed by atoms with Gasteiger partial charge in [-0.15, -0.1) is 12.4 Å². The quantitative estimate of drug-likeness (QED) is 0.822. The molecule has 1 aromatic carbocycles.